The summed E-state index contributed by atoms with van der Waals surface area (Å²) in [7, 11) is 1.61. The van der Waals surface area contributed by atoms with E-state index in [1.807, 2.05) is 12.1 Å². The van der Waals surface area contributed by atoms with Gasteiger partial charge >= 0.3 is 0 Å². The van der Waals surface area contributed by atoms with Gasteiger partial charge in [-0.05, 0) is 56.6 Å². The van der Waals surface area contributed by atoms with E-state index in [2.05, 4.69) is 30.6 Å². The number of nitrogens with one attached hydrogen (secondary N) is 2. The Labute approximate surface area is 226 Å². The maximum Gasteiger partial charge on any atom is 0.246 e. The number of fused-ring (bicyclic) bond motifs is 1. The number of hydrogen-bond acceptors (Lipinski definition) is 8. The number of aromatic nitrogens is 4. The van der Waals surface area contributed by atoms with Crippen molar-refractivity contribution in [2.75, 3.05) is 44.0 Å². The fourth-order valence-electron chi connectivity index (χ4n) is 4.65. The SMILES string of the molecule is COc1cc2c(Nc3cnn(CC(=O)Nc4cccc(F)c4)c3)ncnc2cc1OCCCN1CCCCC1. The van der Waals surface area contributed by atoms with E-state index < -0.39 is 5.82 Å². The Morgan fingerprint density at radius 1 is 1.08 bits per heavy atom. The Morgan fingerprint density at radius 2 is 1.95 bits per heavy atom. The number of halogens is 1. The summed E-state index contributed by atoms with van der Waals surface area (Å²) in [5.74, 6) is 1.07. The first-order valence-corrected chi connectivity index (χ1v) is 13.1. The summed E-state index contributed by atoms with van der Waals surface area (Å²) in [6.45, 7) is 3.95. The van der Waals surface area contributed by atoms with E-state index in [9.17, 15) is 9.18 Å². The lowest BCUT2D eigenvalue weighted by atomic mass is 10.1. The zero-order chi connectivity index (χ0) is 27.0. The molecule has 3 heterocycles. The summed E-state index contributed by atoms with van der Waals surface area (Å²) in [6, 6.07) is 9.45. The third-order valence-electron chi connectivity index (χ3n) is 6.56. The summed E-state index contributed by atoms with van der Waals surface area (Å²) in [5, 5.41) is 10.9. The second-order valence-corrected chi connectivity index (χ2v) is 9.46. The second kappa shape index (κ2) is 12.5. The monoisotopic (exact) mass is 533 g/mol. The molecule has 0 spiro atoms. The van der Waals surface area contributed by atoms with Crippen LogP contribution in [-0.2, 0) is 11.3 Å². The molecular formula is C28H32FN7O3. The quantitative estimate of drug-likeness (QED) is 0.269. The molecule has 4 aromatic rings. The number of anilines is 3. The lowest BCUT2D eigenvalue weighted by Crippen LogP contribution is -2.31. The number of benzene rings is 2. The number of carbonyl (C=O) groups is 1. The molecule has 0 radical (unpaired) electrons. The van der Waals surface area contributed by atoms with Gasteiger partial charge in [0.2, 0.25) is 5.91 Å². The predicted molar refractivity (Wildman–Crippen MR) is 147 cm³/mol. The number of piperidine rings is 1. The maximum absolute atomic E-state index is 13.4. The van der Waals surface area contributed by atoms with Gasteiger partial charge in [-0.15, -0.1) is 0 Å². The summed E-state index contributed by atoms with van der Waals surface area (Å²) in [4.78, 5) is 23.7. The first-order valence-electron chi connectivity index (χ1n) is 13.1. The molecule has 0 aliphatic carbocycles. The third-order valence-corrected chi connectivity index (χ3v) is 6.56. The summed E-state index contributed by atoms with van der Waals surface area (Å²) < 4.78 is 26.5. The van der Waals surface area contributed by atoms with Crippen molar-refractivity contribution < 1.29 is 18.7 Å². The average molecular weight is 534 g/mol. The number of ether oxygens (including phenoxy) is 2. The molecule has 5 rings (SSSR count). The minimum absolute atomic E-state index is 0.0327. The van der Waals surface area contributed by atoms with E-state index in [1.165, 1.54) is 61.6 Å². The fourth-order valence-corrected chi connectivity index (χ4v) is 4.65. The molecule has 11 heteroatoms. The predicted octanol–water partition coefficient (Wildman–Crippen LogP) is 4.61. The van der Waals surface area contributed by atoms with Crippen LogP contribution in [0.3, 0.4) is 0 Å². The highest BCUT2D eigenvalue weighted by Crippen LogP contribution is 2.34. The van der Waals surface area contributed by atoms with E-state index in [4.69, 9.17) is 9.47 Å². The zero-order valence-electron chi connectivity index (χ0n) is 21.9. The van der Waals surface area contributed by atoms with Gasteiger partial charge in [-0.1, -0.05) is 12.5 Å². The smallest absolute Gasteiger partial charge is 0.246 e. The van der Waals surface area contributed by atoms with Crippen molar-refractivity contribution in [2.24, 2.45) is 0 Å². The van der Waals surface area contributed by atoms with Crippen LogP contribution in [0.5, 0.6) is 11.5 Å². The van der Waals surface area contributed by atoms with Crippen LogP contribution < -0.4 is 20.1 Å². The molecule has 0 saturated carbocycles. The molecule has 2 aromatic carbocycles. The lowest BCUT2D eigenvalue weighted by Gasteiger charge is -2.26. The molecule has 1 aliphatic rings. The molecule has 1 saturated heterocycles. The number of rotatable bonds is 11. The third kappa shape index (κ3) is 6.99. The molecule has 0 unspecified atom stereocenters. The van der Waals surface area contributed by atoms with Gasteiger partial charge in [0.25, 0.3) is 0 Å². The molecule has 1 amide bonds. The van der Waals surface area contributed by atoms with E-state index in [-0.39, 0.29) is 12.5 Å². The topological polar surface area (TPSA) is 106 Å². The Kier molecular flexibility index (Phi) is 8.47. The number of hydrogen-bond donors (Lipinski definition) is 2. The first kappa shape index (κ1) is 26.4. The first-order chi connectivity index (χ1) is 19.1. The number of methoxy groups -OCH3 is 1. The molecule has 39 heavy (non-hydrogen) atoms. The van der Waals surface area contributed by atoms with Crippen LogP contribution in [0.25, 0.3) is 10.9 Å². The van der Waals surface area contributed by atoms with Crippen molar-refractivity contribution in [3.63, 3.8) is 0 Å². The minimum Gasteiger partial charge on any atom is -0.493 e. The van der Waals surface area contributed by atoms with Crippen LogP contribution >= 0.6 is 0 Å². The van der Waals surface area contributed by atoms with Crippen molar-refractivity contribution in [1.29, 1.82) is 0 Å². The van der Waals surface area contributed by atoms with Crippen molar-refractivity contribution >= 4 is 34.0 Å². The van der Waals surface area contributed by atoms with Crippen LogP contribution in [0, 0.1) is 5.82 Å². The van der Waals surface area contributed by atoms with Crippen molar-refractivity contribution in [3.05, 3.63) is 60.9 Å². The average Bonchev–Trinajstić information content (AvgIpc) is 3.37. The second-order valence-electron chi connectivity index (χ2n) is 9.46. The summed E-state index contributed by atoms with van der Waals surface area (Å²) >= 11 is 0. The number of carbonyl (C=O) groups excluding carboxylic acids is 1. The Bertz CT molecular complexity index is 1420. The van der Waals surface area contributed by atoms with Crippen LogP contribution in [-0.4, -0.2) is 63.9 Å². The highest BCUT2D eigenvalue weighted by molar-refractivity contribution is 5.93. The highest BCUT2D eigenvalue weighted by Gasteiger charge is 2.14. The Balaban J connectivity index is 1.22. The largest absolute Gasteiger partial charge is 0.493 e. The lowest BCUT2D eigenvalue weighted by molar-refractivity contribution is -0.116. The Hall–Kier alpha value is -4.25. The molecule has 2 aromatic heterocycles. The zero-order valence-corrected chi connectivity index (χ0v) is 21.9. The van der Waals surface area contributed by atoms with Gasteiger partial charge in [0.05, 0.1) is 31.1 Å². The van der Waals surface area contributed by atoms with Crippen molar-refractivity contribution in [3.8, 4) is 11.5 Å². The van der Waals surface area contributed by atoms with Crippen LogP contribution in [0.1, 0.15) is 25.7 Å². The van der Waals surface area contributed by atoms with Gasteiger partial charge in [-0.25, -0.2) is 14.4 Å². The normalized spacial score (nSPS) is 13.8. The van der Waals surface area contributed by atoms with Crippen molar-refractivity contribution in [2.45, 2.75) is 32.2 Å². The van der Waals surface area contributed by atoms with Crippen LogP contribution in [0.15, 0.2) is 55.1 Å². The number of amides is 1. The Morgan fingerprint density at radius 3 is 2.77 bits per heavy atom. The van der Waals surface area contributed by atoms with Gasteiger partial charge in [-0.3, -0.25) is 9.48 Å². The van der Waals surface area contributed by atoms with E-state index in [1.54, 1.807) is 25.6 Å². The van der Waals surface area contributed by atoms with E-state index in [0.717, 1.165) is 18.4 Å². The highest BCUT2D eigenvalue weighted by atomic mass is 19.1. The summed E-state index contributed by atoms with van der Waals surface area (Å²) in [5.41, 5.74) is 1.74. The molecule has 204 valence electrons. The summed E-state index contributed by atoms with van der Waals surface area (Å²) in [6.07, 6.45) is 9.61. The maximum atomic E-state index is 13.4. The molecular weight excluding hydrogens is 501 g/mol. The van der Waals surface area contributed by atoms with Crippen molar-refractivity contribution in [1.82, 2.24) is 24.6 Å². The minimum atomic E-state index is -0.418. The molecule has 10 nitrogen and oxygen atoms in total. The molecule has 2 N–H and O–H groups in total. The van der Waals surface area contributed by atoms with Crippen LogP contribution in [0.4, 0.5) is 21.6 Å². The van der Waals surface area contributed by atoms with E-state index >= 15 is 0 Å². The number of likely N-dealkylation sites (tertiary alicyclic amines) is 1. The molecule has 1 aliphatic heterocycles. The van der Waals surface area contributed by atoms with E-state index in [0.29, 0.717) is 40.8 Å². The number of nitrogens with zero attached hydrogens (tertiary/aromatic N) is 5. The van der Waals surface area contributed by atoms with Gasteiger partial charge in [0.1, 0.15) is 24.5 Å². The molecule has 0 atom stereocenters. The molecule has 0 bridgehead atoms. The van der Waals surface area contributed by atoms with Gasteiger partial charge in [0, 0.05) is 29.9 Å². The molecule has 1 fully saturated rings. The van der Waals surface area contributed by atoms with Gasteiger partial charge in [0.15, 0.2) is 11.5 Å². The van der Waals surface area contributed by atoms with Crippen LogP contribution in [0.2, 0.25) is 0 Å². The standard InChI is InChI=1S/C28H32FN7O3/c1-38-25-14-23-24(15-26(25)39-12-6-11-35-9-3-2-4-10-35)30-19-31-28(23)34-22-16-32-36(17-22)18-27(37)33-21-8-5-7-20(29)13-21/h5,7-8,13-17,19H,2-4,6,9-12,18H2,1H3,(H,33,37)(H,30,31,34). The van der Waals surface area contributed by atoms with Gasteiger partial charge < -0.3 is 25.0 Å². The fraction of sp³-hybridized carbons (Fsp3) is 0.357. The van der Waals surface area contributed by atoms with Gasteiger partial charge in [-0.2, -0.15) is 5.10 Å².